The molecule has 1 amide bonds. The van der Waals surface area contributed by atoms with Gasteiger partial charge in [0.05, 0.1) is 5.02 Å². The molecule has 1 saturated heterocycles. The summed E-state index contributed by atoms with van der Waals surface area (Å²) in [6.07, 6.45) is 1.15. The summed E-state index contributed by atoms with van der Waals surface area (Å²) in [5.74, 6) is 1.20. The standard InChI is InChI=1S/C13H16ClNO4S2/c1-21(17,18)13-9-20-7-6-15(13)12(16)8-19-11-5-3-2-4-10(11)14/h2-5,13H,6-9H2,1H3. The molecule has 1 unspecified atom stereocenters. The predicted octanol–water partition coefficient (Wildman–Crippen LogP) is 1.66. The van der Waals surface area contributed by atoms with E-state index in [0.29, 0.717) is 23.1 Å². The molecule has 0 N–H and O–H groups in total. The molecule has 0 aromatic heterocycles. The SMILES string of the molecule is CS(=O)(=O)C1CSCCN1C(=O)COc1ccccc1Cl. The number of sulfone groups is 1. The number of benzene rings is 1. The Labute approximate surface area is 133 Å². The topological polar surface area (TPSA) is 63.7 Å². The van der Waals surface area contributed by atoms with Crippen molar-refractivity contribution in [3.05, 3.63) is 29.3 Å². The summed E-state index contributed by atoms with van der Waals surface area (Å²) in [6, 6.07) is 6.84. The lowest BCUT2D eigenvalue weighted by molar-refractivity contribution is -0.133. The van der Waals surface area contributed by atoms with Crippen LogP contribution in [0.3, 0.4) is 0 Å². The van der Waals surface area contributed by atoms with Crippen molar-refractivity contribution >= 4 is 39.1 Å². The molecule has 0 spiro atoms. The minimum Gasteiger partial charge on any atom is -0.482 e. The zero-order valence-corrected chi connectivity index (χ0v) is 13.9. The van der Waals surface area contributed by atoms with Gasteiger partial charge in [-0.1, -0.05) is 23.7 Å². The van der Waals surface area contributed by atoms with Gasteiger partial charge < -0.3 is 9.64 Å². The third-order valence-electron chi connectivity index (χ3n) is 3.09. The van der Waals surface area contributed by atoms with Crippen LogP contribution < -0.4 is 4.74 Å². The summed E-state index contributed by atoms with van der Waals surface area (Å²) in [7, 11) is -3.31. The molecule has 1 heterocycles. The summed E-state index contributed by atoms with van der Waals surface area (Å²) < 4.78 is 28.9. The quantitative estimate of drug-likeness (QED) is 0.827. The Balaban J connectivity index is 2.03. The fraction of sp³-hybridized carbons (Fsp3) is 0.462. The molecule has 0 saturated carbocycles. The van der Waals surface area contributed by atoms with Crippen molar-refractivity contribution in [1.82, 2.24) is 4.90 Å². The summed E-state index contributed by atoms with van der Waals surface area (Å²) in [5.41, 5.74) is 0. The van der Waals surface area contributed by atoms with Crippen molar-refractivity contribution < 1.29 is 17.9 Å². The number of halogens is 1. The first-order valence-electron chi connectivity index (χ1n) is 6.33. The van der Waals surface area contributed by atoms with Crippen molar-refractivity contribution in [1.29, 1.82) is 0 Å². The number of hydrogen-bond donors (Lipinski definition) is 0. The van der Waals surface area contributed by atoms with E-state index in [4.69, 9.17) is 16.3 Å². The molecule has 0 aliphatic carbocycles. The second-order valence-corrected chi connectivity index (χ2v) is 8.43. The number of nitrogens with zero attached hydrogens (tertiary/aromatic N) is 1. The van der Waals surface area contributed by atoms with Crippen LogP contribution in [0, 0.1) is 0 Å². The monoisotopic (exact) mass is 349 g/mol. The van der Waals surface area contributed by atoms with Crippen LogP contribution in [0.4, 0.5) is 0 Å². The second kappa shape index (κ2) is 6.89. The van der Waals surface area contributed by atoms with Gasteiger partial charge in [-0.25, -0.2) is 8.42 Å². The van der Waals surface area contributed by atoms with Gasteiger partial charge in [-0.2, -0.15) is 11.8 Å². The molecule has 2 rings (SSSR count). The maximum Gasteiger partial charge on any atom is 0.261 e. The lowest BCUT2D eigenvalue weighted by Crippen LogP contribution is -2.51. The van der Waals surface area contributed by atoms with Gasteiger partial charge in [0.2, 0.25) is 0 Å². The van der Waals surface area contributed by atoms with Gasteiger partial charge in [0.15, 0.2) is 16.4 Å². The van der Waals surface area contributed by atoms with Crippen molar-refractivity contribution in [2.75, 3.05) is 30.9 Å². The molecule has 1 fully saturated rings. The normalized spacial score (nSPS) is 19.3. The molecule has 8 heteroatoms. The number of amides is 1. The summed E-state index contributed by atoms with van der Waals surface area (Å²) in [5, 5.41) is -0.363. The van der Waals surface area contributed by atoms with Crippen LogP contribution in [0.15, 0.2) is 24.3 Å². The molecule has 1 aromatic carbocycles. The molecule has 5 nitrogen and oxygen atoms in total. The zero-order chi connectivity index (χ0) is 15.5. The molecular formula is C13H16ClNO4S2. The van der Waals surface area contributed by atoms with E-state index in [1.165, 1.54) is 16.7 Å². The summed E-state index contributed by atoms with van der Waals surface area (Å²) in [4.78, 5) is 13.6. The van der Waals surface area contributed by atoms with E-state index in [2.05, 4.69) is 0 Å². The Morgan fingerprint density at radius 3 is 2.86 bits per heavy atom. The van der Waals surface area contributed by atoms with E-state index >= 15 is 0 Å². The number of ether oxygens (including phenoxy) is 1. The van der Waals surface area contributed by atoms with E-state index in [9.17, 15) is 13.2 Å². The summed E-state index contributed by atoms with van der Waals surface area (Å²) >= 11 is 7.48. The van der Waals surface area contributed by atoms with Crippen molar-refractivity contribution in [3.63, 3.8) is 0 Å². The van der Waals surface area contributed by atoms with Crippen LogP contribution in [0.25, 0.3) is 0 Å². The molecule has 1 aliphatic heterocycles. The van der Waals surface area contributed by atoms with Crippen LogP contribution in [0.5, 0.6) is 5.75 Å². The smallest absolute Gasteiger partial charge is 0.261 e. The molecule has 0 radical (unpaired) electrons. The fourth-order valence-electron chi connectivity index (χ4n) is 2.01. The van der Waals surface area contributed by atoms with Crippen LogP contribution in [-0.2, 0) is 14.6 Å². The van der Waals surface area contributed by atoms with Gasteiger partial charge >= 0.3 is 0 Å². The first-order chi connectivity index (χ1) is 9.89. The molecule has 116 valence electrons. The van der Waals surface area contributed by atoms with Gasteiger partial charge in [-0.15, -0.1) is 0 Å². The number of para-hydroxylation sites is 1. The molecule has 1 aromatic rings. The average Bonchev–Trinajstić information content (AvgIpc) is 2.45. The van der Waals surface area contributed by atoms with Gasteiger partial charge in [0.25, 0.3) is 5.91 Å². The summed E-state index contributed by atoms with van der Waals surface area (Å²) in [6.45, 7) is 0.188. The zero-order valence-electron chi connectivity index (χ0n) is 11.5. The fourth-order valence-corrected chi connectivity index (χ4v) is 5.03. The highest BCUT2D eigenvalue weighted by atomic mass is 35.5. The van der Waals surface area contributed by atoms with Gasteiger partial charge in [-0.3, -0.25) is 4.79 Å². The Hall–Kier alpha value is -0.920. The lowest BCUT2D eigenvalue weighted by Gasteiger charge is -2.33. The first-order valence-corrected chi connectivity index (χ1v) is 9.81. The number of carbonyl (C=O) groups excluding carboxylic acids is 1. The van der Waals surface area contributed by atoms with E-state index in [1.54, 1.807) is 24.3 Å². The predicted molar refractivity (Wildman–Crippen MR) is 84.6 cm³/mol. The molecule has 21 heavy (non-hydrogen) atoms. The maximum atomic E-state index is 12.2. The van der Waals surface area contributed by atoms with Gasteiger partial charge in [0, 0.05) is 24.3 Å². The minimum absolute atomic E-state index is 0.222. The van der Waals surface area contributed by atoms with E-state index in [-0.39, 0.29) is 12.5 Å². The molecular weight excluding hydrogens is 334 g/mol. The number of thioether (sulfide) groups is 1. The highest BCUT2D eigenvalue weighted by Gasteiger charge is 2.34. The van der Waals surface area contributed by atoms with Gasteiger partial charge in [-0.05, 0) is 12.1 Å². The third kappa shape index (κ3) is 4.28. The third-order valence-corrected chi connectivity index (χ3v) is 6.04. The Morgan fingerprint density at radius 2 is 2.19 bits per heavy atom. The van der Waals surface area contributed by atoms with Crippen LogP contribution >= 0.6 is 23.4 Å². The van der Waals surface area contributed by atoms with E-state index in [0.717, 1.165) is 12.0 Å². The maximum absolute atomic E-state index is 12.2. The van der Waals surface area contributed by atoms with Crippen LogP contribution in [0.2, 0.25) is 5.02 Å². The Morgan fingerprint density at radius 1 is 1.48 bits per heavy atom. The Kier molecular flexibility index (Phi) is 5.40. The second-order valence-electron chi connectivity index (χ2n) is 4.67. The van der Waals surface area contributed by atoms with Crippen LogP contribution in [-0.4, -0.2) is 55.5 Å². The highest BCUT2D eigenvalue weighted by molar-refractivity contribution is 8.00. The van der Waals surface area contributed by atoms with E-state index in [1.807, 2.05) is 0 Å². The Bertz CT molecular complexity index is 620. The van der Waals surface area contributed by atoms with Crippen LogP contribution in [0.1, 0.15) is 0 Å². The largest absolute Gasteiger partial charge is 0.482 e. The molecule has 0 bridgehead atoms. The van der Waals surface area contributed by atoms with Crippen molar-refractivity contribution in [2.45, 2.75) is 5.37 Å². The van der Waals surface area contributed by atoms with Crippen molar-refractivity contribution in [2.24, 2.45) is 0 Å². The molecule has 1 atom stereocenters. The lowest BCUT2D eigenvalue weighted by atomic mass is 10.3. The van der Waals surface area contributed by atoms with E-state index < -0.39 is 15.2 Å². The average molecular weight is 350 g/mol. The minimum atomic E-state index is -3.31. The molecule has 1 aliphatic rings. The highest BCUT2D eigenvalue weighted by Crippen LogP contribution is 2.24. The van der Waals surface area contributed by atoms with Gasteiger partial charge in [0.1, 0.15) is 11.1 Å². The first kappa shape index (κ1) is 16.5. The van der Waals surface area contributed by atoms with Crippen molar-refractivity contribution in [3.8, 4) is 5.75 Å². The number of rotatable bonds is 4. The number of carbonyl (C=O) groups is 1. The number of hydrogen-bond acceptors (Lipinski definition) is 5.